The molecule has 1 aliphatic rings. The van der Waals surface area contributed by atoms with Crippen molar-refractivity contribution in [3.05, 3.63) is 61.4 Å². The number of fused-ring (bicyclic) bond motifs is 1. The van der Waals surface area contributed by atoms with Gasteiger partial charge in [-0.05, 0) is 36.1 Å². The molecule has 0 unspecified atom stereocenters. The summed E-state index contributed by atoms with van der Waals surface area (Å²) < 4.78 is 38.6. The summed E-state index contributed by atoms with van der Waals surface area (Å²) >= 11 is 0. The normalized spacial score (nSPS) is 16.5. The number of aromatic nitrogens is 2. The SMILES string of the molecule is O=C(N[C@@H]1CCc2ccc(C(F)(F)F)cc21)c1[nH]c(=O)[nH]c(=O)c1O. The van der Waals surface area contributed by atoms with Crippen LogP contribution >= 0.6 is 0 Å². The van der Waals surface area contributed by atoms with Crippen LogP contribution in [0.15, 0.2) is 27.8 Å². The Morgan fingerprint density at radius 2 is 1.96 bits per heavy atom. The number of carbonyl (C=O) groups is 1. The Kier molecular flexibility index (Phi) is 3.90. The predicted octanol–water partition coefficient (Wildman–Crippen LogP) is 1.20. The second-order valence-electron chi connectivity index (χ2n) is 5.61. The highest BCUT2D eigenvalue weighted by molar-refractivity contribution is 5.94. The minimum atomic E-state index is -4.51. The third-order valence-electron chi connectivity index (χ3n) is 4.00. The Hall–Kier alpha value is -3.04. The van der Waals surface area contributed by atoms with E-state index in [1.165, 1.54) is 6.07 Å². The van der Waals surface area contributed by atoms with Gasteiger partial charge in [-0.1, -0.05) is 6.07 Å². The zero-order chi connectivity index (χ0) is 18.4. The highest BCUT2D eigenvalue weighted by Gasteiger charge is 2.34. The average molecular weight is 355 g/mol. The largest absolute Gasteiger partial charge is 0.501 e. The molecule has 1 amide bonds. The Morgan fingerprint density at radius 3 is 2.64 bits per heavy atom. The van der Waals surface area contributed by atoms with Gasteiger partial charge in [-0.2, -0.15) is 13.2 Å². The van der Waals surface area contributed by atoms with Crippen LogP contribution in [0.5, 0.6) is 5.75 Å². The van der Waals surface area contributed by atoms with Crippen LogP contribution in [0.2, 0.25) is 0 Å². The second kappa shape index (κ2) is 5.80. The molecule has 0 saturated heterocycles. The van der Waals surface area contributed by atoms with Crippen molar-refractivity contribution in [3.63, 3.8) is 0 Å². The summed E-state index contributed by atoms with van der Waals surface area (Å²) in [6.07, 6.45) is -3.69. The van der Waals surface area contributed by atoms with E-state index < -0.39 is 46.4 Å². The smallest absolute Gasteiger partial charge is 0.416 e. The van der Waals surface area contributed by atoms with E-state index in [4.69, 9.17) is 0 Å². The summed E-state index contributed by atoms with van der Waals surface area (Å²) in [5, 5.41) is 12.0. The number of hydrogen-bond donors (Lipinski definition) is 4. The number of H-pyrrole nitrogens is 2. The van der Waals surface area contributed by atoms with E-state index >= 15 is 0 Å². The first-order valence-corrected chi connectivity index (χ1v) is 7.23. The topological polar surface area (TPSA) is 115 Å². The molecule has 1 aliphatic carbocycles. The zero-order valence-corrected chi connectivity index (χ0v) is 12.5. The second-order valence-corrected chi connectivity index (χ2v) is 5.61. The predicted molar refractivity (Wildman–Crippen MR) is 79.3 cm³/mol. The highest BCUT2D eigenvalue weighted by Crippen LogP contribution is 2.37. The number of aromatic amines is 2. The van der Waals surface area contributed by atoms with E-state index in [1.54, 1.807) is 4.98 Å². The van der Waals surface area contributed by atoms with Crippen LogP contribution in [0.25, 0.3) is 0 Å². The third kappa shape index (κ3) is 3.14. The first kappa shape index (κ1) is 16.8. The average Bonchev–Trinajstić information content (AvgIpc) is 2.92. The number of aromatic hydroxyl groups is 1. The van der Waals surface area contributed by atoms with E-state index in [0.29, 0.717) is 24.0 Å². The molecular weight excluding hydrogens is 343 g/mol. The van der Waals surface area contributed by atoms with Crippen molar-refractivity contribution in [3.8, 4) is 5.75 Å². The molecule has 7 nitrogen and oxygen atoms in total. The number of rotatable bonds is 2. The molecule has 25 heavy (non-hydrogen) atoms. The molecule has 0 spiro atoms. The maximum absolute atomic E-state index is 12.9. The number of hydrogen-bond acceptors (Lipinski definition) is 4. The Labute approximate surface area is 137 Å². The van der Waals surface area contributed by atoms with Crippen LogP contribution in [0.3, 0.4) is 0 Å². The van der Waals surface area contributed by atoms with Gasteiger partial charge in [0.05, 0.1) is 11.6 Å². The van der Waals surface area contributed by atoms with Gasteiger partial charge in [0.25, 0.3) is 11.5 Å². The Balaban J connectivity index is 1.91. The van der Waals surface area contributed by atoms with E-state index in [-0.39, 0.29) is 0 Å². The third-order valence-corrected chi connectivity index (χ3v) is 4.00. The lowest BCUT2D eigenvalue weighted by molar-refractivity contribution is -0.137. The lowest BCUT2D eigenvalue weighted by atomic mass is 10.0. The minimum absolute atomic E-state index is 0.315. The molecule has 0 saturated carbocycles. The van der Waals surface area contributed by atoms with Crippen LogP contribution in [0.1, 0.15) is 39.6 Å². The van der Waals surface area contributed by atoms with Crippen molar-refractivity contribution >= 4 is 5.91 Å². The van der Waals surface area contributed by atoms with Gasteiger partial charge in [-0.15, -0.1) is 0 Å². The van der Waals surface area contributed by atoms with Crippen LogP contribution in [-0.2, 0) is 12.6 Å². The van der Waals surface area contributed by atoms with Gasteiger partial charge in [-0.3, -0.25) is 19.6 Å². The summed E-state index contributed by atoms with van der Waals surface area (Å²) in [7, 11) is 0. The van der Waals surface area contributed by atoms with E-state index in [0.717, 1.165) is 12.1 Å². The number of nitrogens with one attached hydrogen (secondary N) is 3. The molecule has 1 heterocycles. The molecule has 1 atom stereocenters. The van der Waals surface area contributed by atoms with Gasteiger partial charge in [0.1, 0.15) is 0 Å². The van der Waals surface area contributed by atoms with Crippen molar-refractivity contribution in [1.29, 1.82) is 0 Å². The summed E-state index contributed by atoms with van der Waals surface area (Å²) in [5.74, 6) is -1.93. The van der Waals surface area contributed by atoms with E-state index in [2.05, 4.69) is 5.32 Å². The number of carbonyl (C=O) groups excluding carboxylic acids is 1. The number of benzene rings is 1. The maximum Gasteiger partial charge on any atom is 0.416 e. The van der Waals surface area contributed by atoms with Gasteiger partial charge < -0.3 is 10.4 Å². The van der Waals surface area contributed by atoms with Gasteiger partial charge in [-0.25, -0.2) is 4.79 Å². The van der Waals surface area contributed by atoms with Crippen LogP contribution < -0.4 is 16.6 Å². The fourth-order valence-corrected chi connectivity index (χ4v) is 2.80. The molecule has 2 aromatic rings. The zero-order valence-electron chi connectivity index (χ0n) is 12.5. The molecule has 3 rings (SSSR count). The maximum atomic E-state index is 12.9. The summed E-state index contributed by atoms with van der Waals surface area (Å²) in [4.78, 5) is 38.5. The van der Waals surface area contributed by atoms with Gasteiger partial charge >= 0.3 is 11.9 Å². The molecule has 4 N–H and O–H groups in total. The van der Waals surface area contributed by atoms with E-state index in [9.17, 15) is 32.7 Å². The monoisotopic (exact) mass is 355 g/mol. The Bertz CT molecular complexity index is 962. The number of halogens is 3. The fraction of sp³-hybridized carbons (Fsp3) is 0.267. The Morgan fingerprint density at radius 1 is 1.24 bits per heavy atom. The lowest BCUT2D eigenvalue weighted by Crippen LogP contribution is -2.33. The van der Waals surface area contributed by atoms with Crippen molar-refractivity contribution < 1.29 is 23.1 Å². The lowest BCUT2D eigenvalue weighted by Gasteiger charge is -2.16. The van der Waals surface area contributed by atoms with Crippen LogP contribution in [0.4, 0.5) is 13.2 Å². The molecule has 0 fully saturated rings. The number of amides is 1. The van der Waals surface area contributed by atoms with Crippen molar-refractivity contribution in [1.82, 2.24) is 15.3 Å². The highest BCUT2D eigenvalue weighted by atomic mass is 19.4. The molecule has 0 aliphatic heterocycles. The quantitative estimate of drug-likeness (QED) is 0.648. The van der Waals surface area contributed by atoms with Gasteiger partial charge in [0, 0.05) is 0 Å². The number of aryl methyl sites for hydroxylation is 1. The van der Waals surface area contributed by atoms with Gasteiger partial charge in [0.15, 0.2) is 5.69 Å². The van der Waals surface area contributed by atoms with Crippen molar-refractivity contribution in [2.45, 2.75) is 25.1 Å². The van der Waals surface area contributed by atoms with Crippen molar-refractivity contribution in [2.75, 3.05) is 0 Å². The molecule has 1 aromatic carbocycles. The first-order valence-electron chi connectivity index (χ1n) is 7.23. The minimum Gasteiger partial charge on any atom is -0.501 e. The standard InChI is InChI=1S/C15H12F3N3O4/c16-15(17,18)7-3-1-6-2-4-9(8(6)5-7)19-12(23)10-11(22)13(24)21-14(25)20-10/h1,3,5,9,22H,2,4H2,(H,19,23)(H2,20,21,24,25)/t9-/m1/s1. The molecule has 10 heteroatoms. The number of alkyl halides is 3. The van der Waals surface area contributed by atoms with Crippen LogP contribution in [-0.4, -0.2) is 21.0 Å². The van der Waals surface area contributed by atoms with Gasteiger partial charge in [0.2, 0.25) is 5.75 Å². The fourth-order valence-electron chi connectivity index (χ4n) is 2.80. The van der Waals surface area contributed by atoms with Crippen LogP contribution in [0, 0.1) is 0 Å². The molecule has 1 aromatic heterocycles. The summed E-state index contributed by atoms with van der Waals surface area (Å²) in [6, 6.07) is 2.57. The molecule has 0 bridgehead atoms. The molecule has 0 radical (unpaired) electrons. The van der Waals surface area contributed by atoms with E-state index in [1.807, 2.05) is 4.98 Å². The van der Waals surface area contributed by atoms with Crippen molar-refractivity contribution in [2.24, 2.45) is 0 Å². The summed E-state index contributed by atoms with van der Waals surface area (Å²) in [5.41, 5.74) is -2.62. The molecular formula is C15H12F3N3O4. The first-order chi connectivity index (χ1) is 11.7. The molecule has 132 valence electrons. The summed E-state index contributed by atoms with van der Waals surface area (Å²) in [6.45, 7) is 0.